The molecule has 4 heteroatoms. The summed E-state index contributed by atoms with van der Waals surface area (Å²) < 4.78 is 0. The lowest BCUT2D eigenvalue weighted by molar-refractivity contribution is 0.786. The molecule has 0 saturated heterocycles. The van der Waals surface area contributed by atoms with Gasteiger partial charge in [-0.1, -0.05) is 25.4 Å². The minimum absolute atomic E-state index is 0.383. The molecule has 68 valence electrons. The highest BCUT2D eigenvalue weighted by Crippen LogP contribution is 2.17. The predicted octanol–water partition coefficient (Wildman–Crippen LogP) is 1.69. The van der Waals surface area contributed by atoms with E-state index in [4.69, 9.17) is 17.3 Å². The zero-order valence-corrected chi connectivity index (χ0v) is 8.15. The first-order chi connectivity index (χ1) is 5.65. The minimum atomic E-state index is 0.383. The summed E-state index contributed by atoms with van der Waals surface area (Å²) >= 11 is 5.87. The van der Waals surface area contributed by atoms with Gasteiger partial charge in [0.1, 0.15) is 11.0 Å². The Morgan fingerprint density at radius 1 is 1.58 bits per heavy atom. The first-order valence-corrected chi connectivity index (χ1v) is 4.47. The fourth-order valence-corrected chi connectivity index (χ4v) is 1.22. The van der Waals surface area contributed by atoms with Crippen molar-refractivity contribution in [1.29, 1.82) is 0 Å². The van der Waals surface area contributed by atoms with Crippen LogP contribution in [-0.4, -0.2) is 16.5 Å². The van der Waals surface area contributed by atoms with E-state index in [1.54, 1.807) is 0 Å². The number of H-pyrrole nitrogens is 1. The molecule has 1 aromatic rings. The van der Waals surface area contributed by atoms with Gasteiger partial charge in [-0.3, -0.25) is 0 Å². The van der Waals surface area contributed by atoms with Crippen LogP contribution < -0.4 is 5.73 Å². The smallest absolute Gasteiger partial charge is 0.150 e. The Balaban J connectivity index is 2.85. The number of rotatable bonds is 3. The van der Waals surface area contributed by atoms with E-state index in [-0.39, 0.29) is 0 Å². The molecule has 0 saturated carbocycles. The van der Waals surface area contributed by atoms with E-state index >= 15 is 0 Å². The van der Waals surface area contributed by atoms with Gasteiger partial charge in [-0.15, -0.1) is 0 Å². The van der Waals surface area contributed by atoms with Gasteiger partial charge in [0, 0.05) is 12.3 Å². The average Bonchev–Trinajstić information content (AvgIpc) is 2.34. The molecule has 0 radical (unpaired) electrons. The van der Waals surface area contributed by atoms with Gasteiger partial charge in [0.05, 0.1) is 5.69 Å². The van der Waals surface area contributed by atoms with Gasteiger partial charge in [0.2, 0.25) is 0 Å². The molecule has 0 atom stereocenters. The molecule has 12 heavy (non-hydrogen) atoms. The van der Waals surface area contributed by atoms with Crippen molar-refractivity contribution in [1.82, 2.24) is 9.97 Å². The molecular weight excluding hydrogens is 174 g/mol. The van der Waals surface area contributed by atoms with Crippen molar-refractivity contribution in [2.75, 3.05) is 6.54 Å². The van der Waals surface area contributed by atoms with E-state index in [0.29, 0.717) is 17.6 Å². The fourth-order valence-electron chi connectivity index (χ4n) is 0.991. The number of aromatic nitrogens is 2. The van der Waals surface area contributed by atoms with Crippen molar-refractivity contribution in [3.8, 4) is 0 Å². The summed E-state index contributed by atoms with van der Waals surface area (Å²) in [6.45, 7) is 4.74. The maximum Gasteiger partial charge on any atom is 0.150 e. The highest BCUT2D eigenvalue weighted by Gasteiger charge is 2.09. The second-order valence-corrected chi connectivity index (χ2v) is 3.44. The summed E-state index contributed by atoms with van der Waals surface area (Å²) in [5, 5.41) is 0.559. The third-order valence-electron chi connectivity index (χ3n) is 1.69. The zero-order valence-electron chi connectivity index (χ0n) is 7.39. The molecule has 1 heterocycles. The lowest BCUT2D eigenvalue weighted by Crippen LogP contribution is -2.03. The van der Waals surface area contributed by atoms with Crippen LogP contribution in [0.15, 0.2) is 0 Å². The van der Waals surface area contributed by atoms with Crippen LogP contribution in [0.1, 0.15) is 31.3 Å². The molecule has 0 fully saturated rings. The van der Waals surface area contributed by atoms with Crippen molar-refractivity contribution in [2.45, 2.75) is 26.2 Å². The zero-order chi connectivity index (χ0) is 9.14. The van der Waals surface area contributed by atoms with Crippen molar-refractivity contribution >= 4 is 11.6 Å². The van der Waals surface area contributed by atoms with Crippen molar-refractivity contribution in [2.24, 2.45) is 5.73 Å². The monoisotopic (exact) mass is 187 g/mol. The van der Waals surface area contributed by atoms with Gasteiger partial charge in [-0.05, 0) is 6.54 Å². The van der Waals surface area contributed by atoms with Gasteiger partial charge in [-0.25, -0.2) is 4.98 Å². The highest BCUT2D eigenvalue weighted by atomic mass is 35.5. The molecule has 0 unspecified atom stereocenters. The van der Waals surface area contributed by atoms with Crippen LogP contribution in [0.2, 0.25) is 5.15 Å². The number of halogens is 1. The fraction of sp³-hybridized carbons (Fsp3) is 0.625. The van der Waals surface area contributed by atoms with Crippen LogP contribution in [0.4, 0.5) is 0 Å². The van der Waals surface area contributed by atoms with Crippen LogP contribution in [0, 0.1) is 0 Å². The molecule has 0 aromatic carbocycles. The molecule has 3 nitrogen and oxygen atoms in total. The first kappa shape index (κ1) is 9.55. The Morgan fingerprint density at radius 3 is 2.67 bits per heavy atom. The molecule has 0 bridgehead atoms. The number of nitrogens with two attached hydrogens (primary N) is 1. The number of imidazole rings is 1. The number of hydrogen-bond donors (Lipinski definition) is 2. The summed E-state index contributed by atoms with van der Waals surface area (Å²) in [4.78, 5) is 7.34. The molecule has 0 aliphatic heterocycles. The quantitative estimate of drug-likeness (QED) is 0.757. The van der Waals surface area contributed by atoms with Gasteiger partial charge in [0.15, 0.2) is 0 Å². The number of nitrogens with one attached hydrogen (secondary N) is 1. The Bertz CT molecular complexity index is 255. The summed E-state index contributed by atoms with van der Waals surface area (Å²) in [5.41, 5.74) is 6.36. The number of nitrogens with zero attached hydrogens (tertiary/aromatic N) is 1. The average molecular weight is 188 g/mol. The van der Waals surface area contributed by atoms with Crippen LogP contribution in [0.25, 0.3) is 0 Å². The molecular formula is C8H14ClN3. The minimum Gasteiger partial charge on any atom is -0.344 e. The Kier molecular flexibility index (Phi) is 3.12. The third-order valence-corrected chi connectivity index (χ3v) is 2.00. The standard InChI is InChI=1S/C8H14ClN3/c1-5(2)8-11-6(3-4-10)7(9)12-8/h5H,3-4,10H2,1-2H3,(H,11,12). The molecule has 0 aliphatic rings. The Labute approximate surface area is 77.3 Å². The van der Waals surface area contributed by atoms with E-state index in [0.717, 1.165) is 17.9 Å². The Morgan fingerprint density at radius 2 is 2.25 bits per heavy atom. The Hall–Kier alpha value is -0.540. The lowest BCUT2D eigenvalue weighted by atomic mass is 10.2. The lowest BCUT2D eigenvalue weighted by Gasteiger charge is -1.97. The molecule has 1 rings (SSSR count). The van der Waals surface area contributed by atoms with Crippen molar-refractivity contribution < 1.29 is 0 Å². The SMILES string of the molecule is CC(C)c1nc(Cl)c(CCN)[nH]1. The van der Waals surface area contributed by atoms with Crippen molar-refractivity contribution in [3.05, 3.63) is 16.7 Å². The summed E-state index contributed by atoms with van der Waals surface area (Å²) in [7, 11) is 0. The van der Waals surface area contributed by atoms with E-state index in [1.165, 1.54) is 0 Å². The number of hydrogen-bond acceptors (Lipinski definition) is 2. The number of aromatic amines is 1. The van der Waals surface area contributed by atoms with Gasteiger partial charge in [-0.2, -0.15) is 0 Å². The van der Waals surface area contributed by atoms with Crippen LogP contribution in [-0.2, 0) is 6.42 Å². The topological polar surface area (TPSA) is 54.7 Å². The van der Waals surface area contributed by atoms with E-state index in [2.05, 4.69) is 23.8 Å². The van der Waals surface area contributed by atoms with Gasteiger partial charge < -0.3 is 10.7 Å². The van der Waals surface area contributed by atoms with Crippen LogP contribution in [0.3, 0.4) is 0 Å². The van der Waals surface area contributed by atoms with Crippen LogP contribution in [0.5, 0.6) is 0 Å². The maximum atomic E-state index is 5.87. The van der Waals surface area contributed by atoms with E-state index in [1.807, 2.05) is 0 Å². The molecule has 1 aromatic heterocycles. The summed E-state index contributed by atoms with van der Waals surface area (Å²) in [6, 6.07) is 0. The molecule has 3 N–H and O–H groups in total. The summed E-state index contributed by atoms with van der Waals surface area (Å²) in [6.07, 6.45) is 0.762. The third kappa shape index (κ3) is 1.99. The van der Waals surface area contributed by atoms with E-state index in [9.17, 15) is 0 Å². The molecule has 0 amide bonds. The maximum absolute atomic E-state index is 5.87. The van der Waals surface area contributed by atoms with Crippen LogP contribution >= 0.6 is 11.6 Å². The first-order valence-electron chi connectivity index (χ1n) is 4.09. The molecule has 0 aliphatic carbocycles. The largest absolute Gasteiger partial charge is 0.344 e. The van der Waals surface area contributed by atoms with E-state index < -0.39 is 0 Å². The molecule has 0 spiro atoms. The highest BCUT2D eigenvalue weighted by molar-refractivity contribution is 6.30. The second kappa shape index (κ2) is 3.92. The predicted molar refractivity (Wildman–Crippen MR) is 50.4 cm³/mol. The van der Waals surface area contributed by atoms with Gasteiger partial charge in [0.25, 0.3) is 0 Å². The van der Waals surface area contributed by atoms with Crippen molar-refractivity contribution in [3.63, 3.8) is 0 Å². The second-order valence-electron chi connectivity index (χ2n) is 3.08. The normalized spacial score (nSPS) is 11.1. The van der Waals surface area contributed by atoms with Gasteiger partial charge >= 0.3 is 0 Å². The summed E-state index contributed by atoms with van der Waals surface area (Å²) in [5.74, 6) is 1.32.